The Morgan fingerprint density at radius 1 is 1.33 bits per heavy atom. The van der Waals surface area contributed by atoms with Crippen LogP contribution >= 0.6 is 11.6 Å². The van der Waals surface area contributed by atoms with Crippen molar-refractivity contribution in [3.05, 3.63) is 68.6 Å². The van der Waals surface area contributed by atoms with Gasteiger partial charge in [-0.1, -0.05) is 35.6 Å². The number of pyridine rings is 1. The minimum absolute atomic E-state index is 0.229. The Bertz CT molecular complexity index is 1130. The molecule has 0 saturated heterocycles. The molecule has 0 atom stereocenters. The number of halogens is 1. The molecule has 1 amide bonds. The van der Waals surface area contributed by atoms with Gasteiger partial charge in [-0.3, -0.25) is 9.59 Å². The molecule has 27 heavy (non-hydrogen) atoms. The van der Waals surface area contributed by atoms with Crippen LogP contribution in [0.25, 0.3) is 11.0 Å². The molecule has 0 bridgehead atoms. The van der Waals surface area contributed by atoms with Crippen LogP contribution in [0.3, 0.4) is 0 Å². The van der Waals surface area contributed by atoms with Crippen LogP contribution in [-0.4, -0.2) is 32.4 Å². The molecule has 7 nitrogen and oxygen atoms in total. The summed E-state index contributed by atoms with van der Waals surface area (Å²) in [4.78, 5) is 29.3. The van der Waals surface area contributed by atoms with Gasteiger partial charge in [-0.25, -0.2) is 9.67 Å². The summed E-state index contributed by atoms with van der Waals surface area (Å²) in [6.07, 6.45) is 1.48. The van der Waals surface area contributed by atoms with E-state index in [2.05, 4.69) is 27.2 Å². The number of carbonyl (C=O) groups excluding carboxylic acids is 1. The first kappa shape index (κ1) is 18.6. The highest BCUT2D eigenvalue weighted by molar-refractivity contribution is 6.30. The molecule has 8 heteroatoms. The van der Waals surface area contributed by atoms with Crippen molar-refractivity contribution in [3.8, 4) is 11.8 Å². The zero-order valence-corrected chi connectivity index (χ0v) is 15.1. The van der Waals surface area contributed by atoms with E-state index >= 15 is 0 Å². The first-order chi connectivity index (χ1) is 13.0. The first-order valence-corrected chi connectivity index (χ1v) is 8.37. The predicted molar refractivity (Wildman–Crippen MR) is 101 cm³/mol. The first-order valence-electron chi connectivity index (χ1n) is 7.99. The molecular formula is C19H15ClN4O3. The normalized spacial score (nSPS) is 10.3. The lowest BCUT2D eigenvalue weighted by atomic mass is 10.2. The summed E-state index contributed by atoms with van der Waals surface area (Å²) in [5.41, 5.74) is 0.884. The summed E-state index contributed by atoms with van der Waals surface area (Å²) in [7, 11) is 1.60. The number of aromatic nitrogens is 3. The van der Waals surface area contributed by atoms with Crippen LogP contribution < -0.4 is 10.7 Å². The number of hydrogen-bond acceptors (Lipinski definition) is 5. The van der Waals surface area contributed by atoms with Gasteiger partial charge in [0.05, 0.1) is 5.39 Å². The highest BCUT2D eigenvalue weighted by Crippen LogP contribution is 2.10. The molecular weight excluding hydrogens is 368 g/mol. The van der Waals surface area contributed by atoms with Crippen LogP contribution in [0.4, 0.5) is 0 Å². The van der Waals surface area contributed by atoms with E-state index < -0.39 is 11.3 Å². The van der Waals surface area contributed by atoms with Crippen molar-refractivity contribution in [1.82, 2.24) is 20.1 Å². The molecule has 0 aliphatic heterocycles. The van der Waals surface area contributed by atoms with E-state index in [9.17, 15) is 9.59 Å². The molecule has 3 rings (SSSR count). The van der Waals surface area contributed by atoms with Crippen molar-refractivity contribution in [2.24, 2.45) is 7.05 Å². The molecule has 136 valence electrons. The number of hydrogen-bond donors (Lipinski definition) is 2. The van der Waals surface area contributed by atoms with Gasteiger partial charge in [0.2, 0.25) is 5.43 Å². The van der Waals surface area contributed by atoms with Gasteiger partial charge >= 0.3 is 0 Å². The van der Waals surface area contributed by atoms with Crippen molar-refractivity contribution in [2.75, 3.05) is 6.61 Å². The number of fused-ring (bicyclic) bond motifs is 1. The molecule has 0 unspecified atom stereocenters. The fourth-order valence-electron chi connectivity index (χ4n) is 2.48. The van der Waals surface area contributed by atoms with E-state index in [0.29, 0.717) is 16.2 Å². The Balaban J connectivity index is 1.93. The van der Waals surface area contributed by atoms with Crippen molar-refractivity contribution >= 4 is 28.5 Å². The lowest BCUT2D eigenvalue weighted by molar-refractivity contribution is 0.0943. The quantitative estimate of drug-likeness (QED) is 0.665. The highest BCUT2D eigenvalue weighted by atomic mass is 35.5. The molecule has 1 aromatic carbocycles. The number of carbonyl (C=O) groups is 1. The van der Waals surface area contributed by atoms with Crippen molar-refractivity contribution in [2.45, 2.75) is 6.54 Å². The van der Waals surface area contributed by atoms with Gasteiger partial charge in [0.25, 0.3) is 5.91 Å². The van der Waals surface area contributed by atoms with Gasteiger partial charge < -0.3 is 10.4 Å². The smallest absolute Gasteiger partial charge is 0.276 e. The maximum absolute atomic E-state index is 12.7. The highest BCUT2D eigenvalue weighted by Gasteiger charge is 2.17. The molecule has 2 heterocycles. The third-order valence-electron chi connectivity index (χ3n) is 3.78. The average Bonchev–Trinajstić information content (AvgIpc) is 2.68. The van der Waals surface area contributed by atoms with Gasteiger partial charge in [-0.2, -0.15) is 5.10 Å². The Morgan fingerprint density at radius 3 is 2.78 bits per heavy atom. The minimum atomic E-state index is -0.584. The largest absolute Gasteiger partial charge is 0.384 e. The van der Waals surface area contributed by atoms with Crippen LogP contribution in [0.1, 0.15) is 21.6 Å². The Morgan fingerprint density at radius 2 is 2.07 bits per heavy atom. The monoisotopic (exact) mass is 382 g/mol. The van der Waals surface area contributed by atoms with Gasteiger partial charge in [0.15, 0.2) is 11.3 Å². The second kappa shape index (κ2) is 7.99. The number of aliphatic hydroxyl groups excluding tert-OH is 1. The predicted octanol–water partition coefficient (Wildman–Crippen LogP) is 1.26. The van der Waals surface area contributed by atoms with Crippen molar-refractivity contribution in [1.29, 1.82) is 0 Å². The van der Waals surface area contributed by atoms with Gasteiger partial charge in [0.1, 0.15) is 6.61 Å². The summed E-state index contributed by atoms with van der Waals surface area (Å²) < 4.78 is 1.37. The van der Waals surface area contributed by atoms with Crippen LogP contribution in [0, 0.1) is 11.8 Å². The fraction of sp³-hybridized carbons (Fsp3) is 0.158. The van der Waals surface area contributed by atoms with Crippen LogP contribution in [-0.2, 0) is 13.6 Å². The number of rotatable bonds is 3. The SMILES string of the molecule is Cn1nc(C(=O)NCc2ccc(Cl)cc2)c(=O)c2cc(C#CCO)cnc21. The van der Waals surface area contributed by atoms with Gasteiger partial charge in [-0.05, 0) is 23.8 Å². The summed E-state index contributed by atoms with van der Waals surface area (Å²) >= 11 is 5.84. The summed E-state index contributed by atoms with van der Waals surface area (Å²) in [5, 5.41) is 16.4. The van der Waals surface area contributed by atoms with E-state index in [0.717, 1.165) is 5.56 Å². The number of aliphatic hydroxyl groups is 1. The molecule has 0 spiro atoms. The maximum atomic E-state index is 12.7. The molecule has 2 N–H and O–H groups in total. The second-order valence-corrected chi connectivity index (χ2v) is 6.10. The zero-order valence-electron chi connectivity index (χ0n) is 14.4. The summed E-state index contributed by atoms with van der Waals surface area (Å²) in [6.45, 7) is -0.0656. The molecule has 0 aliphatic rings. The van der Waals surface area contributed by atoms with Crippen molar-refractivity contribution in [3.63, 3.8) is 0 Å². The number of amides is 1. The molecule has 0 saturated carbocycles. The second-order valence-electron chi connectivity index (χ2n) is 5.67. The number of nitrogens with one attached hydrogen (secondary N) is 1. The van der Waals surface area contributed by atoms with E-state index in [1.165, 1.54) is 16.9 Å². The van der Waals surface area contributed by atoms with E-state index in [1.807, 2.05) is 0 Å². The Labute approximate surface area is 159 Å². The van der Waals surface area contributed by atoms with E-state index in [-0.39, 0.29) is 24.2 Å². The topological polar surface area (TPSA) is 97.1 Å². The third kappa shape index (κ3) is 4.14. The zero-order chi connectivity index (χ0) is 19.4. The maximum Gasteiger partial charge on any atom is 0.276 e. The summed E-state index contributed by atoms with van der Waals surface area (Å²) in [6, 6.07) is 8.54. The lowest BCUT2D eigenvalue weighted by Crippen LogP contribution is -2.31. The Hall–Kier alpha value is -3.21. The van der Waals surface area contributed by atoms with Crippen molar-refractivity contribution < 1.29 is 9.90 Å². The van der Waals surface area contributed by atoms with Crippen LogP contribution in [0.5, 0.6) is 0 Å². The minimum Gasteiger partial charge on any atom is -0.384 e. The molecule has 0 radical (unpaired) electrons. The fourth-order valence-corrected chi connectivity index (χ4v) is 2.61. The van der Waals surface area contributed by atoms with Crippen LogP contribution in [0.2, 0.25) is 5.02 Å². The van der Waals surface area contributed by atoms with E-state index in [1.54, 1.807) is 31.3 Å². The number of benzene rings is 1. The van der Waals surface area contributed by atoms with Crippen LogP contribution in [0.15, 0.2) is 41.3 Å². The molecule has 2 aromatic heterocycles. The molecule has 0 aliphatic carbocycles. The Kier molecular flexibility index (Phi) is 5.50. The number of nitrogens with zero attached hydrogens (tertiary/aromatic N) is 3. The number of aryl methyl sites for hydroxylation is 1. The van der Waals surface area contributed by atoms with E-state index in [4.69, 9.17) is 16.7 Å². The lowest BCUT2D eigenvalue weighted by Gasteiger charge is -2.08. The summed E-state index contributed by atoms with van der Waals surface area (Å²) in [5.74, 6) is 4.60. The average molecular weight is 383 g/mol. The van der Waals surface area contributed by atoms with Gasteiger partial charge in [0, 0.05) is 30.4 Å². The molecule has 0 fully saturated rings. The molecule has 3 aromatic rings. The third-order valence-corrected chi connectivity index (χ3v) is 4.03. The van der Waals surface area contributed by atoms with Gasteiger partial charge in [-0.15, -0.1) is 0 Å². The standard InChI is InChI=1S/C19H15ClN4O3/c1-24-18-15(9-13(11-21-18)3-2-8-25)17(26)16(23-24)19(27)22-10-12-4-6-14(20)7-5-12/h4-7,9,11,25H,8,10H2,1H3,(H,22,27).